The maximum Gasteiger partial charge on any atom is 0.301 e. The number of ether oxygens (including phenoxy) is 1. The van der Waals surface area contributed by atoms with Crippen molar-refractivity contribution in [1.82, 2.24) is 4.98 Å². The molecule has 1 N–H and O–H groups in total. The number of rotatable bonds is 5. The minimum absolute atomic E-state index is 0.0683. The number of aliphatic hydroxyl groups is 1. The van der Waals surface area contributed by atoms with Gasteiger partial charge in [0.2, 0.25) is 0 Å². The minimum Gasteiger partial charge on any atom is -0.507 e. The van der Waals surface area contributed by atoms with E-state index in [4.69, 9.17) is 16.3 Å². The van der Waals surface area contributed by atoms with Gasteiger partial charge >= 0.3 is 5.91 Å². The SMILES string of the molecule is CCOc1cc(/C(O)=C2\C(=O)C(=O)N(c3nc4cc(F)c(F)cc4s3)C2c2cccc(C)c2)ccc1Cl. The number of anilines is 1. The van der Waals surface area contributed by atoms with Gasteiger partial charge in [-0.15, -0.1) is 0 Å². The van der Waals surface area contributed by atoms with E-state index >= 15 is 0 Å². The van der Waals surface area contributed by atoms with E-state index in [9.17, 15) is 23.5 Å². The molecule has 188 valence electrons. The number of fused-ring (bicyclic) bond motifs is 1. The number of halogens is 3. The monoisotopic (exact) mass is 540 g/mol. The van der Waals surface area contributed by atoms with E-state index in [1.165, 1.54) is 18.2 Å². The first-order valence-electron chi connectivity index (χ1n) is 11.3. The zero-order valence-electron chi connectivity index (χ0n) is 19.6. The second-order valence-corrected chi connectivity index (χ2v) is 9.81. The molecule has 0 spiro atoms. The molecule has 1 unspecified atom stereocenters. The van der Waals surface area contributed by atoms with Crippen molar-refractivity contribution in [3.05, 3.63) is 93.5 Å². The molecule has 10 heteroatoms. The van der Waals surface area contributed by atoms with Crippen molar-refractivity contribution in [3.8, 4) is 5.75 Å². The Labute approximate surface area is 219 Å². The predicted octanol–water partition coefficient (Wildman–Crippen LogP) is 6.56. The largest absolute Gasteiger partial charge is 0.507 e. The van der Waals surface area contributed by atoms with Gasteiger partial charge in [-0.2, -0.15) is 0 Å². The molecule has 0 radical (unpaired) electrons. The summed E-state index contributed by atoms with van der Waals surface area (Å²) in [5.41, 5.74) is 1.63. The van der Waals surface area contributed by atoms with Crippen LogP contribution in [0, 0.1) is 18.6 Å². The second-order valence-electron chi connectivity index (χ2n) is 8.39. The highest BCUT2D eigenvalue weighted by molar-refractivity contribution is 7.22. The number of nitrogens with zero attached hydrogens (tertiary/aromatic N) is 2. The molecule has 1 aliphatic rings. The molecular weight excluding hydrogens is 522 g/mol. The molecule has 1 amide bonds. The van der Waals surface area contributed by atoms with Gasteiger partial charge in [0.15, 0.2) is 16.8 Å². The average Bonchev–Trinajstić information content (AvgIpc) is 3.38. The molecular formula is C27H19ClF2N2O4S. The van der Waals surface area contributed by atoms with Gasteiger partial charge in [0, 0.05) is 11.6 Å². The second kappa shape index (κ2) is 9.57. The molecule has 4 aromatic rings. The molecule has 5 rings (SSSR count). The summed E-state index contributed by atoms with van der Waals surface area (Å²) in [5, 5.41) is 11.7. The van der Waals surface area contributed by atoms with Crippen molar-refractivity contribution in [1.29, 1.82) is 0 Å². The fourth-order valence-electron chi connectivity index (χ4n) is 4.27. The van der Waals surface area contributed by atoms with Gasteiger partial charge in [-0.3, -0.25) is 14.5 Å². The van der Waals surface area contributed by atoms with Crippen LogP contribution in [-0.4, -0.2) is 28.4 Å². The Balaban J connectivity index is 1.73. The summed E-state index contributed by atoms with van der Waals surface area (Å²) in [6, 6.07) is 12.6. The third-order valence-corrected chi connectivity index (χ3v) is 7.26. The number of amides is 1. The number of hydrogen-bond acceptors (Lipinski definition) is 6. The van der Waals surface area contributed by atoms with E-state index in [2.05, 4.69) is 4.98 Å². The maximum absolute atomic E-state index is 13.8. The number of thiazole rings is 1. The molecule has 3 aromatic carbocycles. The third-order valence-electron chi connectivity index (χ3n) is 5.93. The van der Waals surface area contributed by atoms with Crippen molar-refractivity contribution >= 4 is 55.7 Å². The number of Topliss-reactive ketones (excluding diaryl/α,β-unsaturated/α-hetero) is 1. The zero-order valence-corrected chi connectivity index (χ0v) is 21.2. The number of carbonyl (C=O) groups excluding carboxylic acids is 2. The van der Waals surface area contributed by atoms with Crippen LogP contribution < -0.4 is 9.64 Å². The Kier molecular flexibility index (Phi) is 6.43. The summed E-state index contributed by atoms with van der Waals surface area (Å²) in [7, 11) is 0. The lowest BCUT2D eigenvalue weighted by atomic mass is 9.94. The molecule has 6 nitrogen and oxygen atoms in total. The van der Waals surface area contributed by atoms with Gasteiger partial charge in [0.1, 0.15) is 11.5 Å². The van der Waals surface area contributed by atoms with Crippen LogP contribution >= 0.6 is 22.9 Å². The van der Waals surface area contributed by atoms with Gasteiger partial charge in [-0.1, -0.05) is 52.8 Å². The normalized spacial score (nSPS) is 17.1. The number of aliphatic hydroxyl groups excluding tert-OH is 1. The van der Waals surface area contributed by atoms with E-state index in [1.54, 1.807) is 25.1 Å². The Morgan fingerprint density at radius 2 is 1.89 bits per heavy atom. The number of hydrogen-bond donors (Lipinski definition) is 1. The van der Waals surface area contributed by atoms with Crippen molar-refractivity contribution in [2.24, 2.45) is 0 Å². The van der Waals surface area contributed by atoms with Crippen molar-refractivity contribution in [2.75, 3.05) is 11.5 Å². The van der Waals surface area contributed by atoms with Gasteiger partial charge < -0.3 is 9.84 Å². The fourth-order valence-corrected chi connectivity index (χ4v) is 5.44. The lowest BCUT2D eigenvalue weighted by Gasteiger charge is -2.23. The van der Waals surface area contributed by atoms with Gasteiger partial charge in [0.05, 0.1) is 33.5 Å². The summed E-state index contributed by atoms with van der Waals surface area (Å²) in [5.74, 6) is -4.07. The van der Waals surface area contributed by atoms with Crippen LogP contribution in [0.3, 0.4) is 0 Å². The standard InChI is InChI=1S/C27H19ClF2N2O4S/c1-3-36-20-10-15(7-8-16(20)28)24(33)22-23(14-6-4-5-13(2)9-14)32(26(35)25(22)34)27-31-19-11-17(29)18(30)12-21(19)37-27/h4-12,23,33H,3H2,1-2H3/b24-22+. The Hall–Kier alpha value is -3.82. The highest BCUT2D eigenvalue weighted by Gasteiger charge is 2.48. The first kappa shape index (κ1) is 24.9. The number of ketones is 1. The number of benzene rings is 3. The van der Waals surface area contributed by atoms with Crippen LogP contribution in [0.2, 0.25) is 5.02 Å². The van der Waals surface area contributed by atoms with Crippen molar-refractivity contribution < 1.29 is 28.2 Å². The molecule has 1 fully saturated rings. The van der Waals surface area contributed by atoms with E-state index in [0.29, 0.717) is 27.6 Å². The Morgan fingerprint density at radius 1 is 1.14 bits per heavy atom. The molecule has 0 aliphatic carbocycles. The summed E-state index contributed by atoms with van der Waals surface area (Å²) < 4.78 is 33.5. The molecule has 0 bridgehead atoms. The van der Waals surface area contributed by atoms with Crippen LogP contribution in [0.1, 0.15) is 29.7 Å². The molecule has 2 heterocycles. The van der Waals surface area contributed by atoms with E-state index < -0.39 is 35.1 Å². The summed E-state index contributed by atoms with van der Waals surface area (Å²) in [4.78, 5) is 32.2. The lowest BCUT2D eigenvalue weighted by Crippen LogP contribution is -2.29. The minimum atomic E-state index is -1.07. The number of carbonyl (C=O) groups is 2. The van der Waals surface area contributed by atoms with E-state index in [-0.39, 0.29) is 21.8 Å². The average molecular weight is 541 g/mol. The number of aromatic nitrogens is 1. The topological polar surface area (TPSA) is 79.7 Å². The lowest BCUT2D eigenvalue weighted by molar-refractivity contribution is -0.132. The smallest absolute Gasteiger partial charge is 0.301 e. The van der Waals surface area contributed by atoms with Gasteiger partial charge in [0.25, 0.3) is 5.78 Å². The van der Waals surface area contributed by atoms with E-state index in [1.807, 2.05) is 13.0 Å². The van der Waals surface area contributed by atoms with Crippen molar-refractivity contribution in [3.63, 3.8) is 0 Å². The van der Waals surface area contributed by atoms with Crippen molar-refractivity contribution in [2.45, 2.75) is 19.9 Å². The fraction of sp³-hybridized carbons (Fsp3) is 0.148. The highest BCUT2D eigenvalue weighted by atomic mass is 35.5. The van der Waals surface area contributed by atoms with Crippen LogP contribution in [0.15, 0.2) is 60.2 Å². The Bertz CT molecular complexity index is 1580. The van der Waals surface area contributed by atoms with Crippen LogP contribution in [0.4, 0.5) is 13.9 Å². The molecule has 37 heavy (non-hydrogen) atoms. The first-order chi connectivity index (χ1) is 17.7. The van der Waals surface area contributed by atoms with Crippen LogP contribution in [-0.2, 0) is 9.59 Å². The molecule has 1 atom stereocenters. The summed E-state index contributed by atoms with van der Waals surface area (Å²) in [6.07, 6.45) is 0. The molecule has 1 aliphatic heterocycles. The van der Waals surface area contributed by atoms with E-state index in [0.717, 1.165) is 33.9 Å². The Morgan fingerprint density at radius 3 is 2.62 bits per heavy atom. The molecule has 0 saturated carbocycles. The van der Waals surface area contributed by atoms with Gasteiger partial charge in [-0.25, -0.2) is 13.8 Å². The molecule has 1 saturated heterocycles. The summed E-state index contributed by atoms with van der Waals surface area (Å²) >= 11 is 7.12. The quantitative estimate of drug-likeness (QED) is 0.176. The molecule has 1 aromatic heterocycles. The first-order valence-corrected chi connectivity index (χ1v) is 12.4. The zero-order chi connectivity index (χ0) is 26.4. The maximum atomic E-state index is 13.8. The third kappa shape index (κ3) is 4.34. The summed E-state index contributed by atoms with van der Waals surface area (Å²) in [6.45, 7) is 3.96. The predicted molar refractivity (Wildman–Crippen MR) is 138 cm³/mol. The van der Waals surface area contributed by atoms with Gasteiger partial charge in [-0.05, 0) is 43.7 Å². The van der Waals surface area contributed by atoms with Crippen LogP contribution in [0.25, 0.3) is 16.0 Å². The van der Waals surface area contributed by atoms with Crippen LogP contribution in [0.5, 0.6) is 5.75 Å². The number of aryl methyl sites for hydroxylation is 1. The highest BCUT2D eigenvalue weighted by Crippen LogP contribution is 2.45.